The van der Waals surface area contributed by atoms with Crippen molar-refractivity contribution in [3.63, 3.8) is 0 Å². The molecule has 1 aromatic carbocycles. The maximum Gasteiger partial charge on any atom is 0.254 e. The molecular formula is C15H21BrN2O3. The van der Waals surface area contributed by atoms with Crippen LogP contribution in [0.2, 0.25) is 0 Å². The summed E-state index contributed by atoms with van der Waals surface area (Å²) in [5.41, 5.74) is 6.44. The summed E-state index contributed by atoms with van der Waals surface area (Å²) in [6, 6.07) is 3.58. The van der Waals surface area contributed by atoms with Crippen molar-refractivity contribution in [2.75, 3.05) is 26.8 Å². The van der Waals surface area contributed by atoms with Crippen molar-refractivity contribution in [3.05, 3.63) is 22.2 Å². The number of likely N-dealkylation sites (tertiary alicyclic amines) is 1. The lowest BCUT2D eigenvalue weighted by Crippen LogP contribution is -2.31. The average Bonchev–Trinajstić information content (AvgIpc) is 2.91. The van der Waals surface area contributed by atoms with Crippen LogP contribution >= 0.6 is 15.9 Å². The van der Waals surface area contributed by atoms with Crippen LogP contribution in [0.25, 0.3) is 0 Å². The fourth-order valence-corrected chi connectivity index (χ4v) is 2.90. The fraction of sp³-hybridized carbons (Fsp3) is 0.533. The summed E-state index contributed by atoms with van der Waals surface area (Å²) in [6.45, 7) is 3.94. The second-order valence-corrected chi connectivity index (χ2v) is 5.99. The van der Waals surface area contributed by atoms with Crippen LogP contribution in [0, 0.1) is 0 Å². The predicted molar refractivity (Wildman–Crippen MR) is 85.0 cm³/mol. The highest BCUT2D eigenvalue weighted by molar-refractivity contribution is 9.10. The molecule has 6 heteroatoms. The van der Waals surface area contributed by atoms with Gasteiger partial charge in [0.15, 0.2) is 11.5 Å². The first-order chi connectivity index (χ1) is 10.1. The molecular weight excluding hydrogens is 336 g/mol. The van der Waals surface area contributed by atoms with Crippen molar-refractivity contribution in [2.45, 2.75) is 25.8 Å². The van der Waals surface area contributed by atoms with Gasteiger partial charge in [-0.15, -0.1) is 0 Å². The smallest absolute Gasteiger partial charge is 0.254 e. The van der Waals surface area contributed by atoms with E-state index in [1.807, 2.05) is 6.92 Å². The summed E-state index contributed by atoms with van der Waals surface area (Å²) < 4.78 is 11.7. The van der Waals surface area contributed by atoms with Gasteiger partial charge in [-0.25, -0.2) is 0 Å². The first-order valence-corrected chi connectivity index (χ1v) is 7.91. The van der Waals surface area contributed by atoms with E-state index in [1.54, 1.807) is 24.1 Å². The molecule has 1 heterocycles. The molecule has 0 radical (unpaired) electrons. The van der Waals surface area contributed by atoms with E-state index in [0.29, 0.717) is 36.8 Å². The fourth-order valence-electron chi connectivity index (χ4n) is 2.34. The summed E-state index contributed by atoms with van der Waals surface area (Å²) in [7, 11) is 1.57. The molecule has 21 heavy (non-hydrogen) atoms. The van der Waals surface area contributed by atoms with Gasteiger partial charge in [0.2, 0.25) is 0 Å². The van der Waals surface area contributed by atoms with Gasteiger partial charge in [-0.05, 0) is 40.9 Å². The maximum atomic E-state index is 12.5. The first-order valence-electron chi connectivity index (χ1n) is 7.12. The van der Waals surface area contributed by atoms with E-state index >= 15 is 0 Å². The van der Waals surface area contributed by atoms with Crippen LogP contribution in [0.5, 0.6) is 11.5 Å². The van der Waals surface area contributed by atoms with E-state index in [1.165, 1.54) is 0 Å². The van der Waals surface area contributed by atoms with Crippen LogP contribution in [-0.2, 0) is 0 Å². The predicted octanol–water partition coefficient (Wildman–Crippen LogP) is 2.42. The second kappa shape index (κ2) is 7.13. The van der Waals surface area contributed by atoms with Crippen LogP contribution in [-0.4, -0.2) is 43.7 Å². The monoisotopic (exact) mass is 356 g/mol. The second-order valence-electron chi connectivity index (χ2n) is 5.14. The molecule has 0 spiro atoms. The van der Waals surface area contributed by atoms with Gasteiger partial charge in [0.1, 0.15) is 0 Å². The van der Waals surface area contributed by atoms with E-state index in [9.17, 15) is 4.79 Å². The number of ether oxygens (including phenoxy) is 2. The van der Waals surface area contributed by atoms with Crippen molar-refractivity contribution >= 4 is 21.8 Å². The third-order valence-corrected chi connectivity index (χ3v) is 4.03. The van der Waals surface area contributed by atoms with E-state index in [0.717, 1.165) is 17.3 Å². The highest BCUT2D eigenvalue weighted by Gasteiger charge is 2.26. The van der Waals surface area contributed by atoms with E-state index < -0.39 is 0 Å². The standard InChI is InChI=1S/C15H21BrN2O3/c1-3-6-21-14-12(16)7-10(8-13(14)20-2)15(19)18-5-4-11(17)9-18/h7-8,11H,3-6,9,17H2,1-2H3/t11-/m0/s1. The molecule has 0 aliphatic carbocycles. The number of carbonyl (C=O) groups is 1. The lowest BCUT2D eigenvalue weighted by molar-refractivity contribution is 0.0790. The molecule has 0 unspecified atom stereocenters. The van der Waals surface area contributed by atoms with Crippen molar-refractivity contribution in [3.8, 4) is 11.5 Å². The highest BCUT2D eigenvalue weighted by Crippen LogP contribution is 2.37. The van der Waals surface area contributed by atoms with Crippen molar-refractivity contribution in [1.82, 2.24) is 4.90 Å². The van der Waals surface area contributed by atoms with E-state index in [2.05, 4.69) is 15.9 Å². The molecule has 1 aliphatic rings. The Balaban J connectivity index is 2.24. The van der Waals surface area contributed by atoms with Gasteiger partial charge in [-0.3, -0.25) is 4.79 Å². The Labute approximate surface area is 133 Å². The lowest BCUT2D eigenvalue weighted by Gasteiger charge is -2.18. The van der Waals surface area contributed by atoms with Crippen molar-refractivity contribution in [2.24, 2.45) is 5.73 Å². The number of rotatable bonds is 5. The molecule has 1 saturated heterocycles. The Bertz CT molecular complexity index is 522. The van der Waals surface area contributed by atoms with Crippen LogP contribution in [0.15, 0.2) is 16.6 Å². The summed E-state index contributed by atoms with van der Waals surface area (Å²) in [5.74, 6) is 1.17. The third-order valence-electron chi connectivity index (χ3n) is 3.44. The zero-order valence-corrected chi connectivity index (χ0v) is 14.0. The van der Waals surface area contributed by atoms with Crippen LogP contribution in [0.4, 0.5) is 0 Å². The minimum Gasteiger partial charge on any atom is -0.493 e. The number of nitrogens with zero attached hydrogens (tertiary/aromatic N) is 1. The van der Waals surface area contributed by atoms with Crippen molar-refractivity contribution in [1.29, 1.82) is 0 Å². The number of methoxy groups -OCH3 is 1. The third kappa shape index (κ3) is 3.68. The molecule has 0 bridgehead atoms. The molecule has 0 aromatic heterocycles. The molecule has 1 atom stereocenters. The van der Waals surface area contributed by atoms with Crippen LogP contribution < -0.4 is 15.2 Å². The summed E-state index contributed by atoms with van der Waals surface area (Å²) in [4.78, 5) is 14.3. The Kier molecular flexibility index (Phi) is 5.47. The Morgan fingerprint density at radius 1 is 1.52 bits per heavy atom. The SMILES string of the molecule is CCCOc1c(Br)cc(C(=O)N2CC[C@H](N)C2)cc1OC. The molecule has 2 N–H and O–H groups in total. The molecule has 1 fully saturated rings. The Hall–Kier alpha value is -1.27. The Morgan fingerprint density at radius 2 is 2.29 bits per heavy atom. The molecule has 2 rings (SSSR count). The average molecular weight is 357 g/mol. The minimum atomic E-state index is -0.0241. The highest BCUT2D eigenvalue weighted by atomic mass is 79.9. The quantitative estimate of drug-likeness (QED) is 0.879. The number of benzene rings is 1. The zero-order chi connectivity index (χ0) is 15.4. The van der Waals surface area contributed by atoms with Crippen LogP contribution in [0.3, 0.4) is 0 Å². The van der Waals surface area contributed by atoms with E-state index in [4.69, 9.17) is 15.2 Å². The molecule has 1 amide bonds. The number of hydrogen-bond acceptors (Lipinski definition) is 4. The molecule has 1 aliphatic heterocycles. The van der Waals surface area contributed by atoms with Crippen molar-refractivity contribution < 1.29 is 14.3 Å². The minimum absolute atomic E-state index is 0.0241. The van der Waals surface area contributed by atoms with Gasteiger partial charge in [-0.1, -0.05) is 6.92 Å². The number of amides is 1. The molecule has 5 nitrogen and oxygen atoms in total. The lowest BCUT2D eigenvalue weighted by atomic mass is 10.1. The topological polar surface area (TPSA) is 64.8 Å². The van der Waals surface area contributed by atoms with Gasteiger partial charge in [0.05, 0.1) is 18.2 Å². The van der Waals surface area contributed by atoms with Gasteiger partial charge in [0.25, 0.3) is 5.91 Å². The zero-order valence-electron chi connectivity index (χ0n) is 12.4. The largest absolute Gasteiger partial charge is 0.493 e. The summed E-state index contributed by atoms with van der Waals surface area (Å²) >= 11 is 3.46. The van der Waals surface area contributed by atoms with Gasteiger partial charge < -0.3 is 20.1 Å². The molecule has 1 aromatic rings. The normalized spacial score (nSPS) is 17.9. The molecule has 0 saturated carbocycles. The van der Waals surface area contributed by atoms with Crippen LogP contribution in [0.1, 0.15) is 30.1 Å². The summed E-state index contributed by atoms with van der Waals surface area (Å²) in [6.07, 6.45) is 1.75. The number of hydrogen-bond donors (Lipinski definition) is 1. The molecule has 116 valence electrons. The van der Waals surface area contributed by atoms with Gasteiger partial charge in [-0.2, -0.15) is 0 Å². The van der Waals surface area contributed by atoms with E-state index in [-0.39, 0.29) is 11.9 Å². The number of carbonyl (C=O) groups excluding carboxylic acids is 1. The maximum absolute atomic E-state index is 12.5. The van der Waals surface area contributed by atoms with Gasteiger partial charge in [0, 0.05) is 24.7 Å². The Morgan fingerprint density at radius 3 is 2.86 bits per heavy atom. The summed E-state index contributed by atoms with van der Waals surface area (Å²) in [5, 5.41) is 0. The van der Waals surface area contributed by atoms with Gasteiger partial charge >= 0.3 is 0 Å². The first kappa shape index (κ1) is 16.1. The number of nitrogens with two attached hydrogens (primary N) is 1. The number of halogens is 1.